The summed E-state index contributed by atoms with van der Waals surface area (Å²) < 4.78 is 5.29. The normalized spacial score (nSPS) is 18.9. The van der Waals surface area contributed by atoms with Gasteiger partial charge < -0.3 is 14.9 Å². The van der Waals surface area contributed by atoms with Gasteiger partial charge in [-0.15, -0.1) is 0 Å². The fourth-order valence-corrected chi connectivity index (χ4v) is 1.87. The highest BCUT2D eigenvalue weighted by molar-refractivity contribution is 5.72. The van der Waals surface area contributed by atoms with E-state index in [1.165, 1.54) is 0 Å². The van der Waals surface area contributed by atoms with Crippen molar-refractivity contribution in [2.24, 2.45) is 17.8 Å². The van der Waals surface area contributed by atoms with Gasteiger partial charge >= 0.3 is 5.97 Å². The lowest BCUT2D eigenvalue weighted by Gasteiger charge is -2.29. The molecular formula is C15H28O4. The molecule has 0 unspecified atom stereocenters. The second-order valence-electron chi connectivity index (χ2n) is 5.38. The van der Waals surface area contributed by atoms with E-state index in [-0.39, 0.29) is 23.7 Å². The van der Waals surface area contributed by atoms with Crippen molar-refractivity contribution < 1.29 is 19.7 Å². The molecule has 0 radical (unpaired) electrons. The number of allylic oxidation sites excluding steroid dienone is 1. The van der Waals surface area contributed by atoms with Crippen molar-refractivity contribution in [2.75, 3.05) is 0 Å². The summed E-state index contributed by atoms with van der Waals surface area (Å²) in [6.07, 6.45) is 0.971. The minimum absolute atomic E-state index is 0.210. The Morgan fingerprint density at radius 1 is 1.21 bits per heavy atom. The predicted octanol–water partition coefficient (Wildman–Crippen LogP) is 2.49. The Morgan fingerprint density at radius 3 is 2.11 bits per heavy atom. The summed E-state index contributed by atoms with van der Waals surface area (Å²) in [7, 11) is 0. The van der Waals surface area contributed by atoms with Crippen LogP contribution < -0.4 is 0 Å². The quantitative estimate of drug-likeness (QED) is 0.552. The summed E-state index contributed by atoms with van der Waals surface area (Å²) in [6, 6.07) is 0. The maximum atomic E-state index is 11.6. The van der Waals surface area contributed by atoms with Crippen LogP contribution in [-0.4, -0.2) is 28.4 Å². The van der Waals surface area contributed by atoms with Crippen molar-refractivity contribution in [1.29, 1.82) is 0 Å². The molecule has 0 aliphatic carbocycles. The first kappa shape index (κ1) is 18.1. The van der Waals surface area contributed by atoms with Crippen LogP contribution in [0.4, 0.5) is 0 Å². The summed E-state index contributed by atoms with van der Waals surface area (Å²) >= 11 is 0. The van der Waals surface area contributed by atoms with Crippen LogP contribution in [0, 0.1) is 17.8 Å². The molecule has 0 aromatic heterocycles. The van der Waals surface area contributed by atoms with E-state index in [9.17, 15) is 15.0 Å². The largest absolute Gasteiger partial charge is 0.431 e. The Labute approximate surface area is 116 Å². The highest BCUT2D eigenvalue weighted by atomic mass is 16.5. The van der Waals surface area contributed by atoms with Crippen LogP contribution in [0.5, 0.6) is 0 Å². The predicted molar refractivity (Wildman–Crippen MR) is 75.3 cm³/mol. The van der Waals surface area contributed by atoms with Crippen LogP contribution in [0.25, 0.3) is 0 Å². The second kappa shape index (κ2) is 8.33. The van der Waals surface area contributed by atoms with Crippen LogP contribution in [0.2, 0.25) is 0 Å². The van der Waals surface area contributed by atoms with Crippen LogP contribution in [0.3, 0.4) is 0 Å². The smallest absolute Gasteiger partial charge is 0.313 e. The second-order valence-corrected chi connectivity index (χ2v) is 5.38. The zero-order chi connectivity index (χ0) is 15.2. The fraction of sp³-hybridized carbons (Fsp3) is 0.800. The molecule has 0 fully saturated rings. The average molecular weight is 272 g/mol. The number of hydrogen-bond donors (Lipinski definition) is 2. The fourth-order valence-electron chi connectivity index (χ4n) is 1.87. The highest BCUT2D eigenvalue weighted by Gasteiger charge is 2.30. The molecule has 0 saturated carbocycles. The molecule has 19 heavy (non-hydrogen) atoms. The van der Waals surface area contributed by atoms with E-state index in [1.54, 1.807) is 40.7 Å². The van der Waals surface area contributed by atoms with Gasteiger partial charge in [0.2, 0.25) is 0 Å². The Morgan fingerprint density at radius 2 is 1.74 bits per heavy atom. The molecule has 4 nitrogen and oxygen atoms in total. The number of carbonyl (C=O) groups is 1. The van der Waals surface area contributed by atoms with Gasteiger partial charge in [-0.3, -0.25) is 4.79 Å². The van der Waals surface area contributed by atoms with E-state index in [0.29, 0.717) is 12.2 Å². The summed E-state index contributed by atoms with van der Waals surface area (Å²) in [5.41, 5.74) is 0. The topological polar surface area (TPSA) is 66.8 Å². The number of aliphatic hydroxyl groups excluding tert-OH is 2. The minimum Gasteiger partial charge on any atom is -0.431 e. The first-order valence-corrected chi connectivity index (χ1v) is 7.00. The van der Waals surface area contributed by atoms with E-state index in [1.807, 2.05) is 6.92 Å². The standard InChI is InChI=1S/C15H28O4/c1-7-12(16)10(5)14(17)11(6)13(8-2)19-15(18)9(3)4/h8-12,14,16-17H,7H2,1-6H3/b13-8-/t10-,11-,12-,14+/m0/s1. The van der Waals surface area contributed by atoms with E-state index < -0.39 is 12.2 Å². The number of carbonyl (C=O) groups excluding carboxylic acids is 1. The molecule has 0 heterocycles. The molecule has 0 aliphatic rings. The monoisotopic (exact) mass is 272 g/mol. The van der Waals surface area contributed by atoms with Crippen molar-refractivity contribution in [1.82, 2.24) is 0 Å². The summed E-state index contributed by atoms with van der Waals surface area (Å²) in [6.45, 7) is 10.8. The van der Waals surface area contributed by atoms with Crippen LogP contribution >= 0.6 is 0 Å². The summed E-state index contributed by atoms with van der Waals surface area (Å²) in [5.74, 6) is -0.660. The lowest BCUT2D eigenvalue weighted by atomic mass is 9.87. The number of hydrogen-bond acceptors (Lipinski definition) is 4. The lowest BCUT2D eigenvalue weighted by molar-refractivity contribution is -0.144. The van der Waals surface area contributed by atoms with E-state index in [0.717, 1.165) is 0 Å². The highest BCUT2D eigenvalue weighted by Crippen LogP contribution is 2.25. The van der Waals surface area contributed by atoms with Gasteiger partial charge in [0.15, 0.2) is 0 Å². The summed E-state index contributed by atoms with van der Waals surface area (Å²) in [4.78, 5) is 11.6. The molecule has 112 valence electrons. The maximum Gasteiger partial charge on any atom is 0.313 e. The van der Waals surface area contributed by atoms with Crippen molar-refractivity contribution in [3.63, 3.8) is 0 Å². The first-order valence-electron chi connectivity index (χ1n) is 7.00. The molecule has 0 rings (SSSR count). The third-order valence-electron chi connectivity index (χ3n) is 3.50. The third kappa shape index (κ3) is 5.33. The van der Waals surface area contributed by atoms with Gasteiger partial charge in [-0.25, -0.2) is 0 Å². The Bertz CT molecular complexity index is 309. The van der Waals surface area contributed by atoms with E-state index in [2.05, 4.69) is 0 Å². The SMILES string of the molecule is C/C=C(\OC(=O)C(C)C)[C@H](C)[C@H](O)[C@@H](C)[C@@H](O)CC. The van der Waals surface area contributed by atoms with Crippen molar-refractivity contribution in [3.8, 4) is 0 Å². The van der Waals surface area contributed by atoms with Gasteiger partial charge in [0, 0.05) is 11.8 Å². The van der Waals surface area contributed by atoms with Gasteiger partial charge in [0.1, 0.15) is 5.76 Å². The molecule has 0 saturated heterocycles. The zero-order valence-electron chi connectivity index (χ0n) is 12.9. The molecule has 0 amide bonds. The van der Waals surface area contributed by atoms with Crippen molar-refractivity contribution in [2.45, 2.75) is 60.2 Å². The third-order valence-corrected chi connectivity index (χ3v) is 3.50. The molecule has 2 N–H and O–H groups in total. The van der Waals surface area contributed by atoms with Gasteiger partial charge in [-0.2, -0.15) is 0 Å². The van der Waals surface area contributed by atoms with Crippen LogP contribution in [0.1, 0.15) is 48.0 Å². The average Bonchev–Trinajstić information content (AvgIpc) is 2.40. The summed E-state index contributed by atoms with van der Waals surface area (Å²) in [5, 5.41) is 20.0. The lowest BCUT2D eigenvalue weighted by Crippen LogP contribution is -2.35. The Kier molecular flexibility index (Phi) is 7.95. The number of esters is 1. The molecular weight excluding hydrogens is 244 g/mol. The van der Waals surface area contributed by atoms with Crippen molar-refractivity contribution in [3.05, 3.63) is 11.8 Å². The Hall–Kier alpha value is -0.870. The first-order chi connectivity index (χ1) is 8.76. The molecule has 0 aromatic rings. The molecule has 0 spiro atoms. The van der Waals surface area contributed by atoms with Crippen LogP contribution in [-0.2, 0) is 9.53 Å². The zero-order valence-corrected chi connectivity index (χ0v) is 12.9. The van der Waals surface area contributed by atoms with E-state index in [4.69, 9.17) is 4.74 Å². The molecule has 0 bridgehead atoms. The number of rotatable bonds is 7. The number of ether oxygens (including phenoxy) is 1. The molecule has 0 aromatic carbocycles. The molecule has 0 aliphatic heterocycles. The van der Waals surface area contributed by atoms with Gasteiger partial charge in [-0.1, -0.05) is 34.6 Å². The van der Waals surface area contributed by atoms with Gasteiger partial charge in [0.05, 0.1) is 18.1 Å². The van der Waals surface area contributed by atoms with Gasteiger partial charge in [-0.05, 0) is 19.4 Å². The maximum absolute atomic E-state index is 11.6. The Balaban J connectivity index is 4.76. The molecule has 4 atom stereocenters. The minimum atomic E-state index is -0.749. The van der Waals surface area contributed by atoms with Crippen LogP contribution in [0.15, 0.2) is 11.8 Å². The number of aliphatic hydroxyl groups is 2. The van der Waals surface area contributed by atoms with E-state index >= 15 is 0 Å². The van der Waals surface area contributed by atoms with Gasteiger partial charge in [0.25, 0.3) is 0 Å². The molecule has 4 heteroatoms. The van der Waals surface area contributed by atoms with Crippen molar-refractivity contribution >= 4 is 5.97 Å².